The maximum absolute atomic E-state index is 4.26. The van der Waals surface area contributed by atoms with Crippen LogP contribution in [0.25, 0.3) is 5.65 Å². The molecule has 2 aromatic rings. The van der Waals surface area contributed by atoms with Crippen molar-refractivity contribution >= 4 is 17.8 Å². The molecule has 0 aliphatic heterocycles. The van der Waals surface area contributed by atoms with Crippen LogP contribution in [0, 0.1) is 0 Å². The Morgan fingerprint density at radius 1 is 1.50 bits per heavy atom. The van der Waals surface area contributed by atoms with Gasteiger partial charge in [-0.25, -0.2) is 9.97 Å². The Bertz CT molecular complexity index is 459. The molecule has 72 valence electrons. The lowest BCUT2D eigenvalue weighted by molar-refractivity contribution is 1.06. The van der Waals surface area contributed by atoms with Gasteiger partial charge < -0.3 is 4.90 Å². The quantitative estimate of drug-likeness (QED) is 0.519. The molecule has 5 heteroatoms. The van der Waals surface area contributed by atoms with E-state index >= 15 is 0 Å². The molecule has 14 heavy (non-hydrogen) atoms. The zero-order valence-electron chi connectivity index (χ0n) is 8.12. The largest absolute Gasteiger partial charge is 0.320 e. The summed E-state index contributed by atoms with van der Waals surface area (Å²) in [5.74, 6) is 0.828. The second-order valence-electron chi connectivity index (χ2n) is 2.92. The Morgan fingerprint density at radius 3 is 3.14 bits per heavy atom. The molecule has 0 aliphatic carbocycles. The molecule has 0 unspecified atom stereocenters. The maximum Gasteiger partial charge on any atom is 0.141 e. The van der Waals surface area contributed by atoms with Crippen molar-refractivity contribution in [1.82, 2.24) is 14.4 Å². The first-order valence-electron chi connectivity index (χ1n) is 4.25. The topological polar surface area (TPSA) is 45.8 Å². The van der Waals surface area contributed by atoms with Gasteiger partial charge in [-0.05, 0) is 0 Å². The molecule has 0 spiro atoms. The summed E-state index contributed by atoms with van der Waals surface area (Å²) in [7, 11) is 3.62. The lowest BCUT2D eigenvalue weighted by Gasteiger charge is -2.10. The zero-order chi connectivity index (χ0) is 9.97. The SMILES string of the molecule is CN=CN(C)c1cc2nccn2cn1. The maximum atomic E-state index is 4.26. The van der Waals surface area contributed by atoms with Crippen molar-refractivity contribution in [3.8, 4) is 0 Å². The number of fused-ring (bicyclic) bond motifs is 1. The number of nitrogens with zero attached hydrogens (tertiary/aromatic N) is 5. The Morgan fingerprint density at radius 2 is 2.36 bits per heavy atom. The van der Waals surface area contributed by atoms with Gasteiger partial charge in [-0.1, -0.05) is 0 Å². The minimum absolute atomic E-state index is 0.828. The summed E-state index contributed by atoms with van der Waals surface area (Å²) >= 11 is 0. The predicted molar refractivity (Wildman–Crippen MR) is 55.8 cm³/mol. The van der Waals surface area contributed by atoms with Crippen molar-refractivity contribution in [3.05, 3.63) is 24.8 Å². The highest BCUT2D eigenvalue weighted by atomic mass is 15.2. The molecule has 0 bridgehead atoms. The van der Waals surface area contributed by atoms with Gasteiger partial charge in [0, 0.05) is 32.6 Å². The van der Waals surface area contributed by atoms with Crippen LogP contribution < -0.4 is 4.90 Å². The van der Waals surface area contributed by atoms with Gasteiger partial charge in [-0.15, -0.1) is 0 Å². The Kier molecular flexibility index (Phi) is 2.14. The monoisotopic (exact) mass is 189 g/mol. The number of hydrogen-bond donors (Lipinski definition) is 0. The smallest absolute Gasteiger partial charge is 0.141 e. The van der Waals surface area contributed by atoms with Crippen LogP contribution in [0.3, 0.4) is 0 Å². The molecule has 2 aromatic heterocycles. The molecule has 2 rings (SSSR count). The Balaban J connectivity index is 2.43. The fourth-order valence-corrected chi connectivity index (χ4v) is 1.23. The first kappa shape index (κ1) is 8.68. The molecular weight excluding hydrogens is 178 g/mol. The van der Waals surface area contributed by atoms with Crippen LogP contribution in [0.5, 0.6) is 0 Å². The van der Waals surface area contributed by atoms with E-state index in [1.807, 2.05) is 28.6 Å². The van der Waals surface area contributed by atoms with E-state index in [1.54, 1.807) is 25.9 Å². The molecule has 0 fully saturated rings. The predicted octanol–water partition coefficient (Wildman–Crippen LogP) is 0.824. The van der Waals surface area contributed by atoms with Crippen molar-refractivity contribution in [1.29, 1.82) is 0 Å². The number of aromatic nitrogens is 3. The van der Waals surface area contributed by atoms with Gasteiger partial charge in [0.2, 0.25) is 0 Å². The van der Waals surface area contributed by atoms with Crippen LogP contribution in [0.1, 0.15) is 0 Å². The highest BCUT2D eigenvalue weighted by molar-refractivity contribution is 5.77. The third-order valence-electron chi connectivity index (χ3n) is 1.92. The van der Waals surface area contributed by atoms with Crippen molar-refractivity contribution < 1.29 is 0 Å². The third-order valence-corrected chi connectivity index (χ3v) is 1.92. The average molecular weight is 189 g/mol. The summed E-state index contributed by atoms with van der Waals surface area (Å²) in [6, 6.07) is 1.90. The van der Waals surface area contributed by atoms with Crippen molar-refractivity contribution in [3.63, 3.8) is 0 Å². The van der Waals surface area contributed by atoms with E-state index in [0.29, 0.717) is 0 Å². The van der Waals surface area contributed by atoms with Gasteiger partial charge >= 0.3 is 0 Å². The molecule has 0 aliphatic rings. The molecule has 0 radical (unpaired) electrons. The second-order valence-corrected chi connectivity index (χ2v) is 2.92. The van der Waals surface area contributed by atoms with Gasteiger partial charge in [-0.2, -0.15) is 0 Å². The number of anilines is 1. The summed E-state index contributed by atoms with van der Waals surface area (Å²) in [4.78, 5) is 14.2. The average Bonchev–Trinajstić information content (AvgIpc) is 2.64. The van der Waals surface area contributed by atoms with Crippen LogP contribution in [-0.2, 0) is 0 Å². The van der Waals surface area contributed by atoms with E-state index < -0.39 is 0 Å². The summed E-state index contributed by atoms with van der Waals surface area (Å²) < 4.78 is 1.86. The van der Waals surface area contributed by atoms with Crippen LogP contribution in [0.4, 0.5) is 5.82 Å². The molecule has 0 aromatic carbocycles. The summed E-state index contributed by atoms with van der Waals surface area (Å²) in [5.41, 5.74) is 0.881. The Labute approximate surface area is 81.7 Å². The minimum atomic E-state index is 0.828. The van der Waals surface area contributed by atoms with E-state index in [1.165, 1.54) is 0 Å². The van der Waals surface area contributed by atoms with Crippen LogP contribution in [-0.4, -0.2) is 34.8 Å². The second kappa shape index (κ2) is 3.45. The highest BCUT2D eigenvalue weighted by Crippen LogP contribution is 2.09. The van der Waals surface area contributed by atoms with Gasteiger partial charge in [0.25, 0.3) is 0 Å². The highest BCUT2D eigenvalue weighted by Gasteiger charge is 2.01. The van der Waals surface area contributed by atoms with E-state index in [0.717, 1.165) is 11.5 Å². The first-order valence-corrected chi connectivity index (χ1v) is 4.25. The number of hydrogen-bond acceptors (Lipinski definition) is 3. The van der Waals surface area contributed by atoms with E-state index in [9.17, 15) is 0 Å². The van der Waals surface area contributed by atoms with E-state index in [-0.39, 0.29) is 0 Å². The number of rotatable bonds is 2. The number of aliphatic imine (C=N–C) groups is 1. The molecule has 0 saturated heterocycles. The molecule has 0 atom stereocenters. The Hall–Kier alpha value is -1.91. The fourth-order valence-electron chi connectivity index (χ4n) is 1.23. The first-order chi connectivity index (χ1) is 6.81. The molecule has 5 nitrogen and oxygen atoms in total. The van der Waals surface area contributed by atoms with Gasteiger partial charge in [0.15, 0.2) is 0 Å². The van der Waals surface area contributed by atoms with Gasteiger partial charge in [0.05, 0.1) is 6.34 Å². The molecule has 0 saturated carbocycles. The lowest BCUT2D eigenvalue weighted by Crippen LogP contribution is -2.15. The molecule has 2 heterocycles. The van der Waals surface area contributed by atoms with Crippen molar-refractivity contribution in [2.75, 3.05) is 19.0 Å². The van der Waals surface area contributed by atoms with Crippen molar-refractivity contribution in [2.45, 2.75) is 0 Å². The van der Waals surface area contributed by atoms with Crippen LogP contribution >= 0.6 is 0 Å². The van der Waals surface area contributed by atoms with Crippen molar-refractivity contribution in [2.24, 2.45) is 4.99 Å². The zero-order valence-corrected chi connectivity index (χ0v) is 8.12. The lowest BCUT2D eigenvalue weighted by atomic mass is 10.5. The van der Waals surface area contributed by atoms with E-state index in [4.69, 9.17) is 0 Å². The third kappa shape index (κ3) is 1.44. The summed E-state index contributed by atoms with van der Waals surface area (Å²) in [6.07, 6.45) is 7.05. The normalized spacial score (nSPS) is 11.3. The van der Waals surface area contributed by atoms with Crippen LogP contribution in [0.2, 0.25) is 0 Å². The minimum Gasteiger partial charge on any atom is -0.320 e. The standard InChI is InChI=1S/C9H11N5/c1-10-6-13(2)8-5-9-11-3-4-14(9)7-12-8/h3-7H,1-2H3. The summed E-state index contributed by atoms with van der Waals surface area (Å²) in [5, 5.41) is 0. The van der Waals surface area contributed by atoms with Gasteiger partial charge in [0.1, 0.15) is 17.8 Å². The number of imidazole rings is 1. The van der Waals surface area contributed by atoms with Crippen LogP contribution in [0.15, 0.2) is 29.8 Å². The fraction of sp³-hybridized carbons (Fsp3) is 0.222. The molecule has 0 N–H and O–H groups in total. The summed E-state index contributed by atoms with van der Waals surface area (Å²) in [6.45, 7) is 0. The van der Waals surface area contributed by atoms with E-state index in [2.05, 4.69) is 15.0 Å². The molecular formula is C9H11N5. The molecule has 0 amide bonds. The van der Waals surface area contributed by atoms with Gasteiger partial charge in [-0.3, -0.25) is 9.39 Å².